The molecular formula is C17H20N4O2S. The highest BCUT2D eigenvalue weighted by molar-refractivity contribution is 7.10. The van der Waals surface area contributed by atoms with Gasteiger partial charge in [-0.25, -0.2) is 0 Å². The number of hydrogen-bond acceptors (Lipinski definition) is 5. The van der Waals surface area contributed by atoms with Gasteiger partial charge < -0.3 is 9.84 Å². The van der Waals surface area contributed by atoms with Crippen LogP contribution in [0, 0.1) is 13.8 Å². The van der Waals surface area contributed by atoms with Gasteiger partial charge in [-0.1, -0.05) is 11.2 Å². The van der Waals surface area contributed by atoms with Gasteiger partial charge in [0.1, 0.15) is 11.8 Å². The summed E-state index contributed by atoms with van der Waals surface area (Å²) in [5.74, 6) is 0.803. The topological polar surface area (TPSA) is 73.0 Å². The zero-order valence-electron chi connectivity index (χ0n) is 13.7. The molecule has 0 saturated carbocycles. The van der Waals surface area contributed by atoms with Gasteiger partial charge in [0.05, 0.1) is 5.69 Å². The Morgan fingerprint density at radius 3 is 2.92 bits per heavy atom. The minimum atomic E-state index is 0.0167. The maximum atomic E-state index is 12.2. The summed E-state index contributed by atoms with van der Waals surface area (Å²) in [5.41, 5.74) is 1.88. The molecule has 3 rings (SSSR count). The lowest BCUT2D eigenvalue weighted by Crippen LogP contribution is -2.31. The van der Waals surface area contributed by atoms with E-state index >= 15 is 0 Å². The highest BCUT2D eigenvalue weighted by Crippen LogP contribution is 2.22. The molecule has 0 aliphatic rings. The lowest BCUT2D eigenvalue weighted by molar-refractivity contribution is -0.121. The summed E-state index contributed by atoms with van der Waals surface area (Å²) in [5, 5.41) is 13.3. The smallest absolute Gasteiger partial charge is 0.220 e. The predicted molar refractivity (Wildman–Crippen MR) is 92.0 cm³/mol. The van der Waals surface area contributed by atoms with Crippen LogP contribution in [0.3, 0.4) is 0 Å². The van der Waals surface area contributed by atoms with Gasteiger partial charge in [-0.3, -0.25) is 9.48 Å². The number of aryl methyl sites for hydroxylation is 2. The predicted octanol–water partition coefficient (Wildman–Crippen LogP) is 2.89. The molecular weight excluding hydrogens is 324 g/mol. The van der Waals surface area contributed by atoms with Crippen molar-refractivity contribution in [2.24, 2.45) is 0 Å². The van der Waals surface area contributed by atoms with E-state index in [1.165, 1.54) is 4.88 Å². The normalized spacial score (nSPS) is 12.2. The number of rotatable bonds is 7. The zero-order valence-corrected chi connectivity index (χ0v) is 14.5. The largest absolute Gasteiger partial charge is 0.361 e. The molecule has 7 heteroatoms. The quantitative estimate of drug-likeness (QED) is 0.715. The first kappa shape index (κ1) is 16.4. The van der Waals surface area contributed by atoms with E-state index in [4.69, 9.17) is 4.52 Å². The molecule has 0 aromatic carbocycles. The van der Waals surface area contributed by atoms with Crippen molar-refractivity contribution < 1.29 is 9.32 Å². The summed E-state index contributed by atoms with van der Waals surface area (Å²) in [6, 6.07) is 5.98. The third-order valence-electron chi connectivity index (χ3n) is 3.99. The number of carbonyl (C=O) groups is 1. The minimum absolute atomic E-state index is 0.0167. The van der Waals surface area contributed by atoms with Crippen molar-refractivity contribution in [3.05, 3.63) is 57.9 Å². The molecule has 0 spiro atoms. The number of thiophene rings is 1. The first-order valence-electron chi connectivity index (χ1n) is 7.86. The molecule has 0 saturated heterocycles. The summed E-state index contributed by atoms with van der Waals surface area (Å²) < 4.78 is 7.01. The Morgan fingerprint density at radius 2 is 2.29 bits per heavy atom. The second-order valence-electron chi connectivity index (χ2n) is 5.62. The molecule has 1 N–H and O–H groups in total. The average molecular weight is 344 g/mol. The summed E-state index contributed by atoms with van der Waals surface area (Å²) in [6.45, 7) is 4.29. The monoisotopic (exact) mass is 344 g/mol. The highest BCUT2D eigenvalue weighted by atomic mass is 32.1. The molecule has 0 aliphatic heterocycles. The molecule has 0 fully saturated rings. The third kappa shape index (κ3) is 3.73. The Kier molecular flexibility index (Phi) is 5.10. The molecule has 6 nitrogen and oxygen atoms in total. The summed E-state index contributed by atoms with van der Waals surface area (Å²) in [4.78, 5) is 13.4. The van der Waals surface area contributed by atoms with E-state index in [1.54, 1.807) is 17.5 Å². The van der Waals surface area contributed by atoms with E-state index in [1.807, 2.05) is 42.2 Å². The first-order valence-corrected chi connectivity index (χ1v) is 8.74. The maximum Gasteiger partial charge on any atom is 0.220 e. The van der Waals surface area contributed by atoms with Gasteiger partial charge in [-0.15, -0.1) is 11.3 Å². The molecule has 126 valence electrons. The lowest BCUT2D eigenvalue weighted by Gasteiger charge is -2.17. The molecule has 0 bridgehead atoms. The second-order valence-corrected chi connectivity index (χ2v) is 6.60. The van der Waals surface area contributed by atoms with Crippen molar-refractivity contribution in [2.45, 2.75) is 32.7 Å². The van der Waals surface area contributed by atoms with Crippen LogP contribution in [0.1, 0.15) is 34.4 Å². The molecule has 1 unspecified atom stereocenters. The fourth-order valence-electron chi connectivity index (χ4n) is 2.67. The number of amides is 1. The van der Waals surface area contributed by atoms with E-state index < -0.39 is 0 Å². The Hall–Kier alpha value is -2.41. The van der Waals surface area contributed by atoms with E-state index in [-0.39, 0.29) is 11.9 Å². The van der Waals surface area contributed by atoms with Crippen LogP contribution < -0.4 is 5.32 Å². The van der Waals surface area contributed by atoms with Gasteiger partial charge in [0, 0.05) is 35.8 Å². The zero-order chi connectivity index (χ0) is 16.9. The molecule has 3 aromatic heterocycles. The van der Waals surface area contributed by atoms with Crippen molar-refractivity contribution in [1.29, 1.82) is 0 Å². The number of hydrogen-bond donors (Lipinski definition) is 1. The third-order valence-corrected chi connectivity index (χ3v) is 4.97. The molecule has 1 atom stereocenters. The fraction of sp³-hybridized carbons (Fsp3) is 0.353. The Bertz CT molecular complexity index is 724. The van der Waals surface area contributed by atoms with Crippen LogP contribution in [0.4, 0.5) is 0 Å². The summed E-state index contributed by atoms with van der Waals surface area (Å²) in [7, 11) is 0. The standard InChI is InChI=1S/C17H20N4O2S/c1-12-14(13(2)23-20-12)6-7-17(22)18-11-15(16-5-3-10-24-16)21-9-4-8-19-21/h3-5,8-10,15H,6-7,11H2,1-2H3,(H,18,22). The van der Waals surface area contributed by atoms with Crippen LogP contribution in [-0.4, -0.2) is 27.4 Å². The van der Waals surface area contributed by atoms with Gasteiger partial charge in [-0.2, -0.15) is 5.10 Å². The van der Waals surface area contributed by atoms with Gasteiger partial charge in [0.15, 0.2) is 0 Å². The lowest BCUT2D eigenvalue weighted by atomic mass is 10.1. The fourth-order valence-corrected chi connectivity index (χ4v) is 3.49. The van der Waals surface area contributed by atoms with Crippen molar-refractivity contribution in [3.63, 3.8) is 0 Å². The maximum absolute atomic E-state index is 12.2. The van der Waals surface area contributed by atoms with Gasteiger partial charge in [-0.05, 0) is 37.8 Å². The second kappa shape index (κ2) is 7.44. The molecule has 3 aromatic rings. The van der Waals surface area contributed by atoms with E-state index in [2.05, 4.69) is 21.6 Å². The van der Waals surface area contributed by atoms with Gasteiger partial charge >= 0.3 is 0 Å². The Balaban J connectivity index is 1.58. The molecule has 0 aliphatic carbocycles. The number of aromatic nitrogens is 3. The van der Waals surface area contributed by atoms with Crippen LogP contribution in [-0.2, 0) is 11.2 Å². The Labute approximate surface area is 144 Å². The van der Waals surface area contributed by atoms with E-state index in [0.717, 1.165) is 17.0 Å². The van der Waals surface area contributed by atoms with E-state index in [9.17, 15) is 4.79 Å². The molecule has 1 amide bonds. The van der Waals surface area contributed by atoms with Gasteiger partial charge in [0.2, 0.25) is 5.91 Å². The van der Waals surface area contributed by atoms with Crippen molar-refractivity contribution in [2.75, 3.05) is 6.54 Å². The van der Waals surface area contributed by atoms with Crippen molar-refractivity contribution in [1.82, 2.24) is 20.3 Å². The summed E-state index contributed by atoms with van der Waals surface area (Å²) >= 11 is 1.66. The van der Waals surface area contributed by atoms with Crippen LogP contribution >= 0.6 is 11.3 Å². The minimum Gasteiger partial charge on any atom is -0.361 e. The van der Waals surface area contributed by atoms with Crippen LogP contribution in [0.5, 0.6) is 0 Å². The summed E-state index contributed by atoms with van der Waals surface area (Å²) in [6.07, 6.45) is 4.72. The van der Waals surface area contributed by atoms with Crippen molar-refractivity contribution in [3.8, 4) is 0 Å². The van der Waals surface area contributed by atoms with Crippen molar-refractivity contribution >= 4 is 17.2 Å². The van der Waals surface area contributed by atoms with Crippen LogP contribution in [0.15, 0.2) is 40.5 Å². The average Bonchev–Trinajstić information content (AvgIpc) is 3.31. The van der Waals surface area contributed by atoms with Crippen LogP contribution in [0.2, 0.25) is 0 Å². The first-order chi connectivity index (χ1) is 11.6. The SMILES string of the molecule is Cc1noc(C)c1CCC(=O)NCC(c1cccs1)n1cccn1. The van der Waals surface area contributed by atoms with Gasteiger partial charge in [0.25, 0.3) is 0 Å². The number of carbonyl (C=O) groups excluding carboxylic acids is 1. The molecule has 3 heterocycles. The number of nitrogens with one attached hydrogen (secondary N) is 1. The molecule has 0 radical (unpaired) electrons. The molecule has 24 heavy (non-hydrogen) atoms. The van der Waals surface area contributed by atoms with Crippen LogP contribution in [0.25, 0.3) is 0 Å². The van der Waals surface area contributed by atoms with E-state index in [0.29, 0.717) is 19.4 Å². The highest BCUT2D eigenvalue weighted by Gasteiger charge is 2.17. The number of nitrogens with zero attached hydrogens (tertiary/aromatic N) is 3. The Morgan fingerprint density at radius 1 is 1.42 bits per heavy atom.